The van der Waals surface area contributed by atoms with Gasteiger partial charge in [0.2, 0.25) is 0 Å². The minimum Gasteiger partial charge on any atom is -0.480 e. The number of anilines is 1. The number of likely N-dealkylation sites (N-methyl/N-ethyl adjacent to an activating group) is 1. The summed E-state index contributed by atoms with van der Waals surface area (Å²) in [7, 11) is 1.67. The molecule has 0 aliphatic rings. The maximum atomic E-state index is 13.1. The topological polar surface area (TPSA) is 58.6 Å². The molecule has 166 valence electrons. The highest BCUT2D eigenvalue weighted by molar-refractivity contribution is 6.05. The number of hydrogen-bond acceptors (Lipinski definition) is 3. The predicted octanol–water partition coefficient (Wildman–Crippen LogP) is 4.71. The lowest BCUT2D eigenvalue weighted by atomic mass is 10.1. The Morgan fingerprint density at radius 1 is 0.906 bits per heavy atom. The van der Waals surface area contributed by atoms with Gasteiger partial charge in [-0.3, -0.25) is 9.59 Å². The monoisotopic (exact) mass is 430 g/mol. The fourth-order valence-electron chi connectivity index (χ4n) is 3.62. The highest BCUT2D eigenvalue weighted by Crippen LogP contribution is 2.25. The normalized spacial score (nSPS) is 11.5. The molecule has 3 aromatic carbocycles. The van der Waals surface area contributed by atoms with Gasteiger partial charge in [0, 0.05) is 13.6 Å². The fraction of sp³-hybridized carbons (Fsp3) is 0.259. The van der Waals surface area contributed by atoms with Crippen molar-refractivity contribution in [1.82, 2.24) is 5.32 Å². The third-order valence-electron chi connectivity index (χ3n) is 5.43. The van der Waals surface area contributed by atoms with Crippen LogP contribution in [0.25, 0.3) is 0 Å². The van der Waals surface area contributed by atoms with Gasteiger partial charge in [-0.25, -0.2) is 0 Å². The van der Waals surface area contributed by atoms with Crippen LogP contribution in [0.1, 0.15) is 34.0 Å². The molecule has 5 heteroatoms. The van der Waals surface area contributed by atoms with Gasteiger partial charge in [0.1, 0.15) is 5.75 Å². The Bertz CT molecular complexity index is 1060. The van der Waals surface area contributed by atoms with Gasteiger partial charge in [-0.05, 0) is 56.0 Å². The number of rotatable bonds is 8. The van der Waals surface area contributed by atoms with Gasteiger partial charge in [-0.15, -0.1) is 0 Å². The number of aryl methyl sites for hydroxylation is 2. The fourth-order valence-corrected chi connectivity index (χ4v) is 3.62. The molecule has 32 heavy (non-hydrogen) atoms. The van der Waals surface area contributed by atoms with E-state index >= 15 is 0 Å². The Kier molecular flexibility index (Phi) is 7.66. The van der Waals surface area contributed by atoms with Crippen LogP contribution in [0.4, 0.5) is 5.69 Å². The average Bonchev–Trinajstić information content (AvgIpc) is 2.81. The molecule has 0 aliphatic heterocycles. The van der Waals surface area contributed by atoms with E-state index in [1.54, 1.807) is 32.2 Å². The van der Waals surface area contributed by atoms with Crippen LogP contribution in [0.15, 0.2) is 72.8 Å². The molecule has 1 unspecified atom stereocenters. The Labute approximate surface area is 190 Å². The molecule has 0 saturated heterocycles. The molecule has 1 N–H and O–H groups in total. The second kappa shape index (κ2) is 10.6. The molecule has 0 spiro atoms. The van der Waals surface area contributed by atoms with Crippen molar-refractivity contribution < 1.29 is 14.3 Å². The number of para-hydroxylation sites is 2. The van der Waals surface area contributed by atoms with E-state index in [0.717, 1.165) is 23.1 Å². The summed E-state index contributed by atoms with van der Waals surface area (Å²) in [6, 6.07) is 23.0. The highest BCUT2D eigenvalue weighted by atomic mass is 16.5. The Morgan fingerprint density at radius 3 is 2.22 bits per heavy atom. The summed E-state index contributed by atoms with van der Waals surface area (Å²) < 4.78 is 6.00. The summed E-state index contributed by atoms with van der Waals surface area (Å²) in [5.74, 6) is 0.283. The largest absolute Gasteiger partial charge is 0.480 e. The molecule has 3 aromatic rings. The minimum absolute atomic E-state index is 0.209. The summed E-state index contributed by atoms with van der Waals surface area (Å²) >= 11 is 0. The zero-order valence-electron chi connectivity index (χ0n) is 19.1. The van der Waals surface area contributed by atoms with Crippen molar-refractivity contribution in [3.8, 4) is 5.75 Å². The van der Waals surface area contributed by atoms with Gasteiger partial charge >= 0.3 is 0 Å². The van der Waals surface area contributed by atoms with E-state index < -0.39 is 6.10 Å². The second-order valence-corrected chi connectivity index (χ2v) is 7.89. The summed E-state index contributed by atoms with van der Waals surface area (Å²) in [5.41, 5.74) is 4.11. The van der Waals surface area contributed by atoms with Crippen molar-refractivity contribution in [2.24, 2.45) is 0 Å². The molecule has 1 atom stereocenters. The second-order valence-electron chi connectivity index (χ2n) is 7.89. The number of benzene rings is 3. The molecular weight excluding hydrogens is 400 g/mol. The lowest BCUT2D eigenvalue weighted by molar-refractivity contribution is -0.124. The molecule has 0 fully saturated rings. The first-order valence-corrected chi connectivity index (χ1v) is 10.8. The molecule has 2 amide bonds. The first-order chi connectivity index (χ1) is 15.4. The van der Waals surface area contributed by atoms with Crippen LogP contribution >= 0.6 is 0 Å². The zero-order chi connectivity index (χ0) is 23.1. The number of carbonyl (C=O) groups is 2. The first-order valence-electron chi connectivity index (χ1n) is 10.8. The van der Waals surface area contributed by atoms with Crippen LogP contribution in [0.2, 0.25) is 0 Å². The van der Waals surface area contributed by atoms with E-state index in [9.17, 15) is 9.59 Å². The van der Waals surface area contributed by atoms with Gasteiger partial charge in [0.05, 0.1) is 11.3 Å². The Morgan fingerprint density at radius 2 is 1.53 bits per heavy atom. The van der Waals surface area contributed by atoms with Crippen molar-refractivity contribution in [2.75, 3.05) is 18.5 Å². The van der Waals surface area contributed by atoms with E-state index in [1.807, 2.05) is 68.4 Å². The van der Waals surface area contributed by atoms with Crippen LogP contribution in [0.5, 0.6) is 5.75 Å². The summed E-state index contributed by atoms with van der Waals surface area (Å²) in [6.45, 7) is 6.16. The van der Waals surface area contributed by atoms with E-state index in [-0.39, 0.29) is 11.8 Å². The molecule has 0 radical (unpaired) electrons. The summed E-state index contributed by atoms with van der Waals surface area (Å²) in [6.07, 6.45) is 0.0402. The van der Waals surface area contributed by atoms with Gasteiger partial charge in [0.25, 0.3) is 11.8 Å². The molecule has 0 aromatic heterocycles. The smallest absolute Gasteiger partial charge is 0.267 e. The lowest BCUT2D eigenvalue weighted by Gasteiger charge is -2.25. The van der Waals surface area contributed by atoms with Gasteiger partial charge < -0.3 is 15.0 Å². The third kappa shape index (κ3) is 5.55. The number of hydrogen-bond donors (Lipinski definition) is 1. The van der Waals surface area contributed by atoms with Crippen LogP contribution in [0, 0.1) is 13.8 Å². The number of nitrogens with one attached hydrogen (secondary N) is 1. The SMILES string of the molecule is Cc1cccc(C)c1OC(C)C(=O)N(C)c1ccccc1C(=O)NCCc1ccccc1. The van der Waals surface area contributed by atoms with Crippen molar-refractivity contribution >= 4 is 17.5 Å². The number of nitrogens with zero attached hydrogens (tertiary/aromatic N) is 1. The van der Waals surface area contributed by atoms with Crippen LogP contribution < -0.4 is 15.0 Å². The highest BCUT2D eigenvalue weighted by Gasteiger charge is 2.24. The van der Waals surface area contributed by atoms with Crippen LogP contribution in [0.3, 0.4) is 0 Å². The molecular formula is C27H30N2O3. The van der Waals surface area contributed by atoms with Crippen LogP contribution in [-0.4, -0.2) is 31.5 Å². The van der Waals surface area contributed by atoms with Crippen LogP contribution in [-0.2, 0) is 11.2 Å². The van der Waals surface area contributed by atoms with Gasteiger partial charge in [-0.2, -0.15) is 0 Å². The van der Waals surface area contributed by atoms with Gasteiger partial charge in [-0.1, -0.05) is 60.7 Å². The zero-order valence-corrected chi connectivity index (χ0v) is 19.1. The van der Waals surface area contributed by atoms with E-state index in [1.165, 1.54) is 4.90 Å². The van der Waals surface area contributed by atoms with E-state index in [4.69, 9.17) is 4.74 Å². The molecule has 0 saturated carbocycles. The maximum Gasteiger partial charge on any atom is 0.267 e. The number of ether oxygens (including phenoxy) is 1. The van der Waals surface area contributed by atoms with Crippen molar-refractivity contribution in [2.45, 2.75) is 33.3 Å². The standard InChI is InChI=1S/C27H30N2O3/c1-19-11-10-12-20(2)25(19)32-21(3)27(31)29(4)24-16-9-8-15-23(24)26(30)28-18-17-22-13-6-5-7-14-22/h5-16,21H,17-18H2,1-4H3,(H,28,30). The maximum absolute atomic E-state index is 13.1. The Hall–Kier alpha value is -3.60. The number of carbonyl (C=O) groups excluding carboxylic acids is 2. The Balaban J connectivity index is 1.69. The molecule has 0 heterocycles. The quantitative estimate of drug-likeness (QED) is 0.563. The van der Waals surface area contributed by atoms with Gasteiger partial charge in [0.15, 0.2) is 6.10 Å². The summed E-state index contributed by atoms with van der Waals surface area (Å²) in [5, 5.41) is 2.96. The number of amides is 2. The lowest BCUT2D eigenvalue weighted by Crippen LogP contribution is -2.39. The van der Waals surface area contributed by atoms with E-state index in [0.29, 0.717) is 23.5 Å². The van der Waals surface area contributed by atoms with Crippen molar-refractivity contribution in [1.29, 1.82) is 0 Å². The summed E-state index contributed by atoms with van der Waals surface area (Å²) in [4.78, 5) is 27.5. The minimum atomic E-state index is -0.700. The molecule has 0 bridgehead atoms. The molecule has 0 aliphatic carbocycles. The van der Waals surface area contributed by atoms with Crippen molar-refractivity contribution in [3.05, 3.63) is 95.1 Å². The first kappa shape index (κ1) is 23.1. The predicted molar refractivity (Wildman–Crippen MR) is 128 cm³/mol. The molecule has 3 rings (SSSR count). The molecule has 5 nitrogen and oxygen atoms in total. The van der Waals surface area contributed by atoms with Crippen molar-refractivity contribution in [3.63, 3.8) is 0 Å². The van der Waals surface area contributed by atoms with E-state index in [2.05, 4.69) is 5.32 Å². The third-order valence-corrected chi connectivity index (χ3v) is 5.43. The average molecular weight is 431 g/mol.